The van der Waals surface area contributed by atoms with Crippen LogP contribution in [0.15, 0.2) is 30.3 Å². The number of likely N-dealkylation sites (tertiary alicyclic amines) is 2. The highest BCUT2D eigenvalue weighted by molar-refractivity contribution is 5.76. The van der Waals surface area contributed by atoms with Gasteiger partial charge in [-0.15, -0.1) is 0 Å². The van der Waals surface area contributed by atoms with Gasteiger partial charge in [0.2, 0.25) is 5.91 Å². The number of hydrogen-bond acceptors (Lipinski definition) is 3. The number of benzene rings is 1. The van der Waals surface area contributed by atoms with E-state index in [2.05, 4.69) is 40.5 Å². The maximum atomic E-state index is 13.1. The first-order valence-electron chi connectivity index (χ1n) is 12.9. The first kappa shape index (κ1) is 24.1. The fourth-order valence-corrected chi connectivity index (χ4v) is 5.82. The molecule has 1 N–H and O–H groups in total. The minimum Gasteiger partial charge on any atom is -0.375 e. The van der Waals surface area contributed by atoms with Gasteiger partial charge in [0.15, 0.2) is 0 Å². The first-order chi connectivity index (χ1) is 15.9. The van der Waals surface area contributed by atoms with Gasteiger partial charge in [0.1, 0.15) is 0 Å². The van der Waals surface area contributed by atoms with Crippen molar-refractivity contribution in [1.29, 1.82) is 0 Å². The number of carbonyl (C=O) groups excluding carboxylic acids is 2. The highest BCUT2D eigenvalue weighted by Crippen LogP contribution is 2.39. The Balaban J connectivity index is 1.21. The molecule has 3 heterocycles. The van der Waals surface area contributed by atoms with Gasteiger partial charge < -0.3 is 19.9 Å². The number of nitrogens with one attached hydrogen (secondary N) is 1. The number of urea groups is 1. The molecule has 182 valence electrons. The van der Waals surface area contributed by atoms with Crippen molar-refractivity contribution >= 4 is 11.9 Å². The van der Waals surface area contributed by atoms with Crippen LogP contribution in [0.5, 0.6) is 0 Å². The minimum atomic E-state index is -0.152. The number of rotatable bonds is 5. The van der Waals surface area contributed by atoms with Gasteiger partial charge >= 0.3 is 6.03 Å². The fourth-order valence-electron chi connectivity index (χ4n) is 5.82. The molecule has 1 atom stereocenters. The Morgan fingerprint density at radius 1 is 1.00 bits per heavy atom. The number of piperidine rings is 2. The maximum absolute atomic E-state index is 13.1. The summed E-state index contributed by atoms with van der Waals surface area (Å²) in [6, 6.07) is 10.9. The molecule has 0 radical (unpaired) electrons. The number of ether oxygens (including phenoxy) is 1. The van der Waals surface area contributed by atoms with Crippen LogP contribution in [0.3, 0.4) is 0 Å². The van der Waals surface area contributed by atoms with Crippen molar-refractivity contribution in [1.82, 2.24) is 15.1 Å². The number of nitrogens with zero attached hydrogens (tertiary/aromatic N) is 2. The van der Waals surface area contributed by atoms with Gasteiger partial charge in [-0.2, -0.15) is 0 Å². The molecule has 1 aromatic rings. The van der Waals surface area contributed by atoms with Crippen LogP contribution in [-0.4, -0.2) is 66.2 Å². The van der Waals surface area contributed by atoms with Crippen molar-refractivity contribution in [3.8, 4) is 0 Å². The van der Waals surface area contributed by atoms with E-state index in [1.54, 1.807) is 0 Å². The third-order valence-corrected chi connectivity index (χ3v) is 7.77. The van der Waals surface area contributed by atoms with Crippen LogP contribution in [-0.2, 0) is 16.0 Å². The molecule has 3 aliphatic rings. The van der Waals surface area contributed by atoms with Crippen LogP contribution in [0.25, 0.3) is 0 Å². The summed E-state index contributed by atoms with van der Waals surface area (Å²) in [5.74, 6) is 1.40. The van der Waals surface area contributed by atoms with E-state index in [1.807, 2.05) is 18.7 Å². The van der Waals surface area contributed by atoms with Gasteiger partial charge in [0.05, 0.1) is 5.60 Å². The summed E-state index contributed by atoms with van der Waals surface area (Å²) in [6.07, 6.45) is 7.63. The fraction of sp³-hybridized carbons (Fsp3) is 0.704. The standard InChI is InChI=1S/C27H41N3O3/c1-21(2)28-26(32)30-15-11-27(12-16-30)20-24(10-17-33-27)19-25(31)29-13-8-23(9-14-29)18-22-6-4-3-5-7-22/h3-7,21,23-24H,8-20H2,1-2H3,(H,28,32). The lowest BCUT2D eigenvalue weighted by Gasteiger charge is -2.46. The van der Waals surface area contributed by atoms with Crippen molar-refractivity contribution < 1.29 is 14.3 Å². The molecule has 3 aliphatic heterocycles. The molecular formula is C27H41N3O3. The monoisotopic (exact) mass is 455 g/mol. The summed E-state index contributed by atoms with van der Waals surface area (Å²) < 4.78 is 6.26. The average molecular weight is 456 g/mol. The molecule has 4 rings (SSSR count). The largest absolute Gasteiger partial charge is 0.375 e. The van der Waals surface area contributed by atoms with Gasteiger partial charge in [0.25, 0.3) is 0 Å². The summed E-state index contributed by atoms with van der Waals surface area (Å²) >= 11 is 0. The van der Waals surface area contributed by atoms with E-state index in [9.17, 15) is 9.59 Å². The van der Waals surface area contributed by atoms with Gasteiger partial charge in [0, 0.05) is 45.2 Å². The minimum absolute atomic E-state index is 0.0260. The quantitative estimate of drug-likeness (QED) is 0.723. The molecule has 1 unspecified atom stereocenters. The molecule has 3 saturated heterocycles. The number of carbonyl (C=O) groups is 2. The summed E-state index contributed by atoms with van der Waals surface area (Å²) in [4.78, 5) is 29.4. The highest BCUT2D eigenvalue weighted by Gasteiger charge is 2.42. The van der Waals surface area contributed by atoms with Gasteiger partial charge in [-0.3, -0.25) is 4.79 Å². The smallest absolute Gasteiger partial charge is 0.317 e. The van der Waals surface area contributed by atoms with Crippen LogP contribution in [0, 0.1) is 11.8 Å². The zero-order valence-corrected chi connectivity index (χ0v) is 20.4. The zero-order chi connectivity index (χ0) is 23.3. The summed E-state index contributed by atoms with van der Waals surface area (Å²) in [5, 5.41) is 2.99. The van der Waals surface area contributed by atoms with Crippen molar-refractivity contribution in [2.45, 2.75) is 76.9 Å². The highest BCUT2D eigenvalue weighted by atomic mass is 16.5. The van der Waals surface area contributed by atoms with Crippen molar-refractivity contribution in [3.63, 3.8) is 0 Å². The molecule has 6 nitrogen and oxygen atoms in total. The lowest BCUT2D eigenvalue weighted by atomic mass is 9.78. The molecular weight excluding hydrogens is 414 g/mol. The maximum Gasteiger partial charge on any atom is 0.317 e. The first-order valence-corrected chi connectivity index (χ1v) is 12.9. The predicted octanol–water partition coefficient (Wildman–Crippen LogP) is 4.24. The van der Waals surface area contributed by atoms with Crippen molar-refractivity contribution in [2.24, 2.45) is 11.8 Å². The molecule has 0 saturated carbocycles. The topological polar surface area (TPSA) is 61.9 Å². The average Bonchev–Trinajstić information content (AvgIpc) is 2.80. The Labute approximate surface area is 199 Å². The Hall–Kier alpha value is -2.08. The predicted molar refractivity (Wildman–Crippen MR) is 130 cm³/mol. The van der Waals surface area contributed by atoms with E-state index >= 15 is 0 Å². The van der Waals surface area contributed by atoms with E-state index in [-0.39, 0.29) is 17.7 Å². The van der Waals surface area contributed by atoms with Crippen LogP contribution in [0.1, 0.15) is 64.4 Å². The van der Waals surface area contributed by atoms with E-state index < -0.39 is 0 Å². The molecule has 1 spiro atoms. The normalized spacial score (nSPS) is 23.7. The van der Waals surface area contributed by atoms with E-state index in [4.69, 9.17) is 4.74 Å². The van der Waals surface area contributed by atoms with E-state index in [0.29, 0.717) is 24.2 Å². The van der Waals surface area contributed by atoms with Gasteiger partial charge in [-0.1, -0.05) is 30.3 Å². The van der Waals surface area contributed by atoms with Crippen molar-refractivity contribution in [2.75, 3.05) is 32.8 Å². The lowest BCUT2D eigenvalue weighted by Crippen LogP contribution is -2.53. The third-order valence-electron chi connectivity index (χ3n) is 7.77. The summed E-state index contributed by atoms with van der Waals surface area (Å²) in [7, 11) is 0. The van der Waals surface area contributed by atoms with Crippen LogP contribution >= 0.6 is 0 Å². The summed E-state index contributed by atoms with van der Waals surface area (Å²) in [5.41, 5.74) is 1.25. The third kappa shape index (κ3) is 6.50. The molecule has 6 heteroatoms. The molecule has 3 amide bonds. The zero-order valence-electron chi connectivity index (χ0n) is 20.4. The summed E-state index contributed by atoms with van der Waals surface area (Å²) in [6.45, 7) is 7.95. The second-order valence-corrected chi connectivity index (χ2v) is 10.7. The van der Waals surface area contributed by atoms with Crippen LogP contribution in [0.2, 0.25) is 0 Å². The lowest BCUT2D eigenvalue weighted by molar-refractivity contribution is -0.141. The second kappa shape index (κ2) is 10.9. The molecule has 0 aliphatic carbocycles. The molecule has 1 aromatic carbocycles. The van der Waals surface area contributed by atoms with E-state index in [0.717, 1.165) is 77.7 Å². The van der Waals surface area contributed by atoms with Crippen molar-refractivity contribution in [3.05, 3.63) is 35.9 Å². The van der Waals surface area contributed by atoms with Crippen LogP contribution < -0.4 is 5.32 Å². The number of hydrogen-bond donors (Lipinski definition) is 1. The Morgan fingerprint density at radius 3 is 2.36 bits per heavy atom. The van der Waals surface area contributed by atoms with Gasteiger partial charge in [-0.05, 0) is 76.2 Å². The molecule has 0 aromatic heterocycles. The Kier molecular flexibility index (Phi) is 7.94. The van der Waals surface area contributed by atoms with E-state index in [1.165, 1.54) is 5.56 Å². The van der Waals surface area contributed by atoms with Crippen LogP contribution in [0.4, 0.5) is 4.79 Å². The Morgan fingerprint density at radius 2 is 1.70 bits per heavy atom. The second-order valence-electron chi connectivity index (χ2n) is 10.7. The molecule has 3 fully saturated rings. The number of amides is 3. The molecule has 33 heavy (non-hydrogen) atoms. The van der Waals surface area contributed by atoms with Gasteiger partial charge in [-0.25, -0.2) is 4.79 Å². The SMILES string of the molecule is CC(C)NC(=O)N1CCC2(CC1)CC(CC(=O)N1CCC(Cc3ccccc3)CC1)CCO2. The molecule has 0 bridgehead atoms. The Bertz CT molecular complexity index is 781.